The molecule has 110 valence electrons. The Bertz CT molecular complexity index is 651. The second-order valence-electron chi connectivity index (χ2n) is 4.59. The van der Waals surface area contributed by atoms with Crippen molar-refractivity contribution in [1.82, 2.24) is 0 Å². The van der Waals surface area contributed by atoms with Gasteiger partial charge in [0.1, 0.15) is 5.75 Å². The van der Waals surface area contributed by atoms with Gasteiger partial charge in [-0.3, -0.25) is 4.79 Å². The van der Waals surface area contributed by atoms with Crippen LogP contribution in [-0.2, 0) is 0 Å². The predicted octanol–water partition coefficient (Wildman–Crippen LogP) is 3.88. The number of anilines is 2. The molecular weight excluding hydrogens is 288 g/mol. The number of hydrogen-bond donors (Lipinski definition) is 2. The second kappa shape index (κ2) is 6.50. The van der Waals surface area contributed by atoms with E-state index in [1.807, 2.05) is 26.0 Å². The highest BCUT2D eigenvalue weighted by Crippen LogP contribution is 2.28. The lowest BCUT2D eigenvalue weighted by atomic mass is 10.1. The Labute approximate surface area is 128 Å². The quantitative estimate of drug-likeness (QED) is 0.842. The zero-order chi connectivity index (χ0) is 15.4. The summed E-state index contributed by atoms with van der Waals surface area (Å²) in [5.41, 5.74) is 8.06. The monoisotopic (exact) mass is 304 g/mol. The Morgan fingerprint density at radius 2 is 2.10 bits per heavy atom. The molecule has 0 aliphatic carbocycles. The van der Waals surface area contributed by atoms with E-state index >= 15 is 0 Å². The lowest BCUT2D eigenvalue weighted by Crippen LogP contribution is -2.15. The van der Waals surface area contributed by atoms with Gasteiger partial charge in [0.25, 0.3) is 5.91 Å². The molecule has 0 aliphatic rings. The van der Waals surface area contributed by atoms with Crippen LogP contribution in [0.1, 0.15) is 22.8 Å². The van der Waals surface area contributed by atoms with Gasteiger partial charge in [0.05, 0.1) is 22.9 Å². The third-order valence-corrected chi connectivity index (χ3v) is 3.27. The van der Waals surface area contributed by atoms with Crippen molar-refractivity contribution < 1.29 is 9.53 Å². The van der Waals surface area contributed by atoms with Crippen LogP contribution < -0.4 is 15.8 Å². The Balaban J connectivity index is 2.32. The minimum absolute atomic E-state index is 0.266. The molecule has 0 spiro atoms. The first kappa shape index (κ1) is 15.2. The van der Waals surface area contributed by atoms with Crippen molar-refractivity contribution in [2.24, 2.45) is 0 Å². The summed E-state index contributed by atoms with van der Waals surface area (Å²) in [6.45, 7) is 4.36. The molecule has 0 saturated heterocycles. The number of carbonyl (C=O) groups is 1. The van der Waals surface area contributed by atoms with Crippen LogP contribution >= 0.6 is 11.6 Å². The van der Waals surface area contributed by atoms with Crippen molar-refractivity contribution in [3.05, 3.63) is 52.5 Å². The van der Waals surface area contributed by atoms with Crippen molar-refractivity contribution in [3.63, 3.8) is 0 Å². The molecule has 0 bridgehead atoms. The number of nitrogens with two attached hydrogens (primary N) is 1. The summed E-state index contributed by atoms with van der Waals surface area (Å²) in [6, 6.07) is 10.5. The van der Waals surface area contributed by atoms with E-state index in [-0.39, 0.29) is 11.5 Å². The SMILES string of the molecule is CCOc1cc(C)ccc1NC(=O)c1c(N)cccc1Cl. The lowest BCUT2D eigenvalue weighted by Gasteiger charge is -2.13. The molecule has 5 heteroatoms. The summed E-state index contributed by atoms with van der Waals surface area (Å²) >= 11 is 6.04. The molecule has 0 heterocycles. The third-order valence-electron chi connectivity index (χ3n) is 2.96. The molecule has 0 radical (unpaired) electrons. The predicted molar refractivity (Wildman–Crippen MR) is 86.2 cm³/mol. The third kappa shape index (κ3) is 3.47. The van der Waals surface area contributed by atoms with Crippen molar-refractivity contribution in [2.75, 3.05) is 17.7 Å². The number of ether oxygens (including phenoxy) is 1. The minimum atomic E-state index is -0.358. The van der Waals surface area contributed by atoms with Crippen LogP contribution in [0.5, 0.6) is 5.75 Å². The van der Waals surface area contributed by atoms with E-state index in [0.29, 0.717) is 28.8 Å². The summed E-state index contributed by atoms with van der Waals surface area (Å²) < 4.78 is 5.54. The zero-order valence-corrected chi connectivity index (χ0v) is 12.7. The molecule has 2 aromatic rings. The molecule has 2 aromatic carbocycles. The molecule has 0 aromatic heterocycles. The average Bonchev–Trinajstić information content (AvgIpc) is 2.42. The highest BCUT2D eigenvalue weighted by atomic mass is 35.5. The maximum Gasteiger partial charge on any atom is 0.259 e. The molecule has 0 saturated carbocycles. The van der Waals surface area contributed by atoms with Crippen LogP contribution in [-0.4, -0.2) is 12.5 Å². The molecule has 0 fully saturated rings. The maximum absolute atomic E-state index is 12.4. The molecule has 0 atom stereocenters. The fourth-order valence-electron chi connectivity index (χ4n) is 1.97. The number of aryl methyl sites for hydroxylation is 1. The molecule has 4 nitrogen and oxygen atoms in total. The fourth-order valence-corrected chi connectivity index (χ4v) is 2.24. The number of carbonyl (C=O) groups excluding carboxylic acids is 1. The van der Waals surface area contributed by atoms with Gasteiger partial charge in [0.2, 0.25) is 0 Å². The largest absolute Gasteiger partial charge is 0.492 e. The van der Waals surface area contributed by atoms with Crippen molar-refractivity contribution in [3.8, 4) is 5.75 Å². The normalized spacial score (nSPS) is 10.2. The summed E-state index contributed by atoms with van der Waals surface area (Å²) in [5.74, 6) is 0.263. The molecule has 0 unspecified atom stereocenters. The number of rotatable bonds is 4. The van der Waals surface area contributed by atoms with Gasteiger partial charge in [-0.15, -0.1) is 0 Å². The van der Waals surface area contributed by atoms with Gasteiger partial charge in [0, 0.05) is 5.69 Å². The molecule has 21 heavy (non-hydrogen) atoms. The van der Waals surface area contributed by atoms with Crippen LogP contribution in [0.15, 0.2) is 36.4 Å². The van der Waals surface area contributed by atoms with Gasteiger partial charge in [-0.05, 0) is 43.7 Å². The first-order valence-corrected chi connectivity index (χ1v) is 6.99. The molecule has 2 rings (SSSR count). The van der Waals surface area contributed by atoms with Crippen LogP contribution in [0, 0.1) is 6.92 Å². The summed E-state index contributed by atoms with van der Waals surface area (Å²) in [5, 5.41) is 3.11. The van der Waals surface area contributed by atoms with Crippen molar-refractivity contribution in [2.45, 2.75) is 13.8 Å². The number of hydrogen-bond acceptors (Lipinski definition) is 3. The number of nitrogen functional groups attached to an aromatic ring is 1. The Morgan fingerprint density at radius 3 is 2.76 bits per heavy atom. The lowest BCUT2D eigenvalue weighted by molar-refractivity contribution is 0.102. The molecule has 3 N–H and O–H groups in total. The topological polar surface area (TPSA) is 64.3 Å². The minimum Gasteiger partial charge on any atom is -0.492 e. The smallest absolute Gasteiger partial charge is 0.259 e. The first-order chi connectivity index (χ1) is 10.0. The van der Waals surface area contributed by atoms with E-state index in [4.69, 9.17) is 22.1 Å². The standard InChI is InChI=1S/C16H17ClN2O2/c1-3-21-14-9-10(2)7-8-13(14)19-16(20)15-11(17)5-4-6-12(15)18/h4-9H,3,18H2,1-2H3,(H,19,20). The van der Waals surface area contributed by atoms with E-state index in [0.717, 1.165) is 5.56 Å². The summed E-state index contributed by atoms with van der Waals surface area (Å²) in [7, 11) is 0. The van der Waals surface area contributed by atoms with Gasteiger partial charge in [-0.1, -0.05) is 23.7 Å². The van der Waals surface area contributed by atoms with E-state index in [1.165, 1.54) is 0 Å². The number of amides is 1. The van der Waals surface area contributed by atoms with E-state index in [2.05, 4.69) is 5.32 Å². The van der Waals surface area contributed by atoms with Gasteiger partial charge < -0.3 is 15.8 Å². The van der Waals surface area contributed by atoms with E-state index in [1.54, 1.807) is 24.3 Å². The molecular formula is C16H17ClN2O2. The van der Waals surface area contributed by atoms with Gasteiger partial charge in [-0.2, -0.15) is 0 Å². The van der Waals surface area contributed by atoms with Crippen molar-refractivity contribution in [1.29, 1.82) is 0 Å². The Hall–Kier alpha value is -2.20. The second-order valence-corrected chi connectivity index (χ2v) is 5.00. The van der Waals surface area contributed by atoms with Crippen LogP contribution in [0.3, 0.4) is 0 Å². The van der Waals surface area contributed by atoms with Crippen LogP contribution in [0.2, 0.25) is 5.02 Å². The summed E-state index contributed by atoms with van der Waals surface area (Å²) in [6.07, 6.45) is 0. The number of halogens is 1. The molecule has 1 amide bonds. The Morgan fingerprint density at radius 1 is 1.33 bits per heavy atom. The Kier molecular flexibility index (Phi) is 4.70. The maximum atomic E-state index is 12.4. The number of benzene rings is 2. The van der Waals surface area contributed by atoms with Gasteiger partial charge in [0.15, 0.2) is 0 Å². The molecule has 0 aliphatic heterocycles. The fraction of sp³-hybridized carbons (Fsp3) is 0.188. The van der Waals surface area contributed by atoms with Crippen LogP contribution in [0.25, 0.3) is 0 Å². The first-order valence-electron chi connectivity index (χ1n) is 6.61. The highest BCUT2D eigenvalue weighted by Gasteiger charge is 2.16. The van der Waals surface area contributed by atoms with Crippen LogP contribution in [0.4, 0.5) is 11.4 Å². The number of nitrogens with one attached hydrogen (secondary N) is 1. The zero-order valence-electron chi connectivity index (χ0n) is 11.9. The highest BCUT2D eigenvalue weighted by molar-refractivity contribution is 6.35. The average molecular weight is 305 g/mol. The van der Waals surface area contributed by atoms with E-state index < -0.39 is 0 Å². The van der Waals surface area contributed by atoms with Crippen molar-refractivity contribution >= 4 is 28.9 Å². The van der Waals surface area contributed by atoms with Gasteiger partial charge in [-0.25, -0.2) is 0 Å². The van der Waals surface area contributed by atoms with Gasteiger partial charge >= 0.3 is 0 Å². The van der Waals surface area contributed by atoms with E-state index in [9.17, 15) is 4.79 Å². The summed E-state index contributed by atoms with van der Waals surface area (Å²) in [4.78, 5) is 12.4.